The molecule has 3 aromatic heterocycles. The largest absolute Gasteiger partial charge is 0.366 e. The molecule has 28 heavy (non-hydrogen) atoms. The second-order valence-corrected chi connectivity index (χ2v) is 7.86. The minimum Gasteiger partial charge on any atom is -0.366 e. The van der Waals surface area contributed by atoms with Crippen LogP contribution >= 0.6 is 0 Å². The quantitative estimate of drug-likeness (QED) is 0.749. The number of piperidine rings is 1. The zero-order valence-electron chi connectivity index (χ0n) is 16.5. The normalized spacial score (nSPS) is 17.7. The first-order chi connectivity index (χ1) is 13.7. The summed E-state index contributed by atoms with van der Waals surface area (Å²) < 4.78 is 1.80. The van der Waals surface area contributed by atoms with E-state index < -0.39 is 0 Å². The Morgan fingerprint density at radius 3 is 2.75 bits per heavy atom. The van der Waals surface area contributed by atoms with E-state index in [1.54, 1.807) is 11.0 Å². The van der Waals surface area contributed by atoms with Gasteiger partial charge in [0, 0.05) is 37.4 Å². The molecule has 146 valence electrons. The Balaban J connectivity index is 1.31. The van der Waals surface area contributed by atoms with Gasteiger partial charge in [-0.3, -0.25) is 4.68 Å². The van der Waals surface area contributed by atoms with E-state index >= 15 is 0 Å². The lowest BCUT2D eigenvalue weighted by Gasteiger charge is -2.35. The van der Waals surface area contributed by atoms with Crippen LogP contribution < -0.4 is 10.2 Å². The Morgan fingerprint density at radius 1 is 1.07 bits per heavy atom. The lowest BCUT2D eigenvalue weighted by atomic mass is 9.95. The van der Waals surface area contributed by atoms with Crippen molar-refractivity contribution >= 4 is 22.7 Å². The number of rotatable bonds is 3. The molecule has 0 amide bonds. The van der Waals surface area contributed by atoms with Gasteiger partial charge in [-0.25, -0.2) is 19.9 Å². The fraction of sp³-hybridized carbons (Fsp3) is 0.550. The summed E-state index contributed by atoms with van der Waals surface area (Å²) in [6, 6.07) is 0.395. The fourth-order valence-electron chi connectivity index (χ4n) is 4.45. The van der Waals surface area contributed by atoms with E-state index in [4.69, 9.17) is 0 Å². The predicted octanol–water partition coefficient (Wildman–Crippen LogP) is 2.42. The molecule has 1 N–H and O–H groups in total. The van der Waals surface area contributed by atoms with Crippen LogP contribution in [0.5, 0.6) is 0 Å². The summed E-state index contributed by atoms with van der Waals surface area (Å²) in [5.41, 5.74) is 3.51. The van der Waals surface area contributed by atoms with Gasteiger partial charge < -0.3 is 10.2 Å². The Kier molecular flexibility index (Phi) is 4.33. The Bertz CT molecular complexity index is 1000. The van der Waals surface area contributed by atoms with Crippen molar-refractivity contribution < 1.29 is 0 Å². The number of aromatic nitrogens is 6. The lowest BCUT2D eigenvalue weighted by molar-refractivity contribution is 0.519. The van der Waals surface area contributed by atoms with Crippen molar-refractivity contribution in [2.24, 2.45) is 7.05 Å². The molecule has 2 aliphatic rings. The molecule has 0 atom stereocenters. The van der Waals surface area contributed by atoms with Crippen LogP contribution in [0, 0.1) is 6.92 Å². The van der Waals surface area contributed by atoms with E-state index in [1.165, 1.54) is 24.1 Å². The molecule has 1 aliphatic carbocycles. The molecule has 1 saturated heterocycles. The number of hydrogen-bond acceptors (Lipinski definition) is 7. The van der Waals surface area contributed by atoms with E-state index in [-0.39, 0.29) is 0 Å². The van der Waals surface area contributed by atoms with Gasteiger partial charge >= 0.3 is 0 Å². The van der Waals surface area contributed by atoms with Crippen LogP contribution in [0.3, 0.4) is 0 Å². The molecule has 0 unspecified atom stereocenters. The highest BCUT2D eigenvalue weighted by molar-refractivity contribution is 5.86. The first-order valence-corrected chi connectivity index (χ1v) is 10.2. The molecule has 0 bridgehead atoms. The predicted molar refractivity (Wildman–Crippen MR) is 109 cm³/mol. The number of nitrogens with zero attached hydrogens (tertiary/aromatic N) is 7. The monoisotopic (exact) mass is 378 g/mol. The molecule has 0 aromatic carbocycles. The summed E-state index contributed by atoms with van der Waals surface area (Å²) in [4.78, 5) is 20.7. The zero-order valence-corrected chi connectivity index (χ0v) is 16.5. The average molecular weight is 378 g/mol. The highest BCUT2D eigenvalue weighted by Crippen LogP contribution is 2.30. The molecule has 1 fully saturated rings. The van der Waals surface area contributed by atoms with Gasteiger partial charge in [0.2, 0.25) is 0 Å². The first kappa shape index (κ1) is 17.3. The topological polar surface area (TPSA) is 84.7 Å². The maximum absolute atomic E-state index is 4.64. The maximum atomic E-state index is 4.64. The smallest absolute Gasteiger partial charge is 0.163 e. The summed E-state index contributed by atoms with van der Waals surface area (Å²) in [6.45, 7) is 3.93. The van der Waals surface area contributed by atoms with E-state index in [0.717, 1.165) is 67.3 Å². The van der Waals surface area contributed by atoms with Gasteiger partial charge in [0.1, 0.15) is 23.8 Å². The van der Waals surface area contributed by atoms with Crippen LogP contribution in [-0.2, 0) is 19.9 Å². The average Bonchev–Trinajstić information content (AvgIpc) is 3.09. The van der Waals surface area contributed by atoms with Crippen molar-refractivity contribution in [3.05, 3.63) is 29.6 Å². The molecule has 0 spiro atoms. The molecule has 0 radical (unpaired) electrons. The van der Waals surface area contributed by atoms with Crippen molar-refractivity contribution in [1.29, 1.82) is 0 Å². The number of fused-ring (bicyclic) bond motifs is 2. The third-order valence-corrected chi connectivity index (χ3v) is 5.94. The van der Waals surface area contributed by atoms with Crippen LogP contribution in [0.1, 0.15) is 42.8 Å². The summed E-state index contributed by atoms with van der Waals surface area (Å²) in [5, 5.41) is 8.97. The van der Waals surface area contributed by atoms with Gasteiger partial charge in [-0.15, -0.1) is 0 Å². The molecule has 8 heteroatoms. The van der Waals surface area contributed by atoms with Gasteiger partial charge in [-0.1, -0.05) is 0 Å². The molecule has 1 aliphatic heterocycles. The summed E-state index contributed by atoms with van der Waals surface area (Å²) in [6.07, 6.45) is 10.4. The lowest BCUT2D eigenvalue weighted by Crippen LogP contribution is -2.40. The van der Waals surface area contributed by atoms with E-state index in [2.05, 4.69) is 35.3 Å². The second kappa shape index (κ2) is 7.00. The highest BCUT2D eigenvalue weighted by atomic mass is 15.3. The van der Waals surface area contributed by atoms with E-state index in [0.29, 0.717) is 6.04 Å². The molecular formula is C20H26N8. The van der Waals surface area contributed by atoms with Crippen LogP contribution in [0.4, 0.5) is 11.6 Å². The summed E-state index contributed by atoms with van der Waals surface area (Å²) >= 11 is 0. The van der Waals surface area contributed by atoms with Crippen molar-refractivity contribution in [3.8, 4) is 0 Å². The van der Waals surface area contributed by atoms with Gasteiger partial charge in [0.05, 0.1) is 11.6 Å². The third kappa shape index (κ3) is 3.06. The Hall–Kier alpha value is -2.77. The standard InChI is InChI=1S/C20H26N8/c1-13-24-18(16-11-23-27(2)20(16)25-13)26-14-7-9-28(10-8-14)19-15-5-3-4-6-17(15)21-12-22-19/h11-12,14H,3-10H2,1-2H3,(H,24,25,26). The number of aryl methyl sites for hydroxylation is 3. The van der Waals surface area contributed by atoms with Gasteiger partial charge in [0.15, 0.2) is 5.65 Å². The minimum atomic E-state index is 0.395. The van der Waals surface area contributed by atoms with E-state index in [1.807, 2.05) is 20.2 Å². The van der Waals surface area contributed by atoms with Crippen molar-refractivity contribution in [2.45, 2.75) is 51.5 Å². The van der Waals surface area contributed by atoms with Crippen LogP contribution in [0.25, 0.3) is 11.0 Å². The number of hydrogen-bond donors (Lipinski definition) is 1. The molecule has 3 aromatic rings. The summed E-state index contributed by atoms with van der Waals surface area (Å²) in [7, 11) is 1.92. The number of nitrogens with one attached hydrogen (secondary N) is 1. The van der Waals surface area contributed by atoms with Crippen molar-refractivity contribution in [3.63, 3.8) is 0 Å². The van der Waals surface area contributed by atoms with Crippen molar-refractivity contribution in [1.82, 2.24) is 29.7 Å². The molecule has 5 rings (SSSR count). The maximum Gasteiger partial charge on any atom is 0.163 e. The molecule has 0 saturated carbocycles. The van der Waals surface area contributed by atoms with Crippen LogP contribution in [0.2, 0.25) is 0 Å². The SMILES string of the molecule is Cc1nc(NC2CCN(c3ncnc4c3CCCC4)CC2)c2cnn(C)c2n1. The Labute approximate surface area is 164 Å². The van der Waals surface area contributed by atoms with Gasteiger partial charge in [0.25, 0.3) is 0 Å². The fourth-order valence-corrected chi connectivity index (χ4v) is 4.45. The van der Waals surface area contributed by atoms with Crippen LogP contribution in [0.15, 0.2) is 12.5 Å². The molecular weight excluding hydrogens is 352 g/mol. The van der Waals surface area contributed by atoms with Crippen LogP contribution in [-0.4, -0.2) is 48.8 Å². The van der Waals surface area contributed by atoms with Crippen molar-refractivity contribution in [2.75, 3.05) is 23.3 Å². The van der Waals surface area contributed by atoms with Gasteiger partial charge in [-0.05, 0) is 45.4 Å². The number of anilines is 2. The highest BCUT2D eigenvalue weighted by Gasteiger charge is 2.25. The first-order valence-electron chi connectivity index (χ1n) is 10.2. The zero-order chi connectivity index (χ0) is 19.1. The second-order valence-electron chi connectivity index (χ2n) is 7.86. The van der Waals surface area contributed by atoms with Gasteiger partial charge in [-0.2, -0.15) is 5.10 Å². The van der Waals surface area contributed by atoms with E-state index in [9.17, 15) is 0 Å². The Morgan fingerprint density at radius 2 is 1.89 bits per heavy atom. The minimum absolute atomic E-state index is 0.395. The molecule has 4 heterocycles. The summed E-state index contributed by atoms with van der Waals surface area (Å²) in [5.74, 6) is 2.83. The third-order valence-electron chi connectivity index (χ3n) is 5.94. The molecule has 8 nitrogen and oxygen atoms in total.